The van der Waals surface area contributed by atoms with Crippen molar-refractivity contribution in [3.05, 3.63) is 71.3 Å². The van der Waals surface area contributed by atoms with Crippen LogP contribution < -0.4 is 11.1 Å². The Morgan fingerprint density at radius 3 is 2.12 bits per heavy atom. The Balaban J connectivity index is 2.07. The number of rotatable bonds is 5. The number of carbonyl (C=O) groups is 2. The van der Waals surface area contributed by atoms with Crippen LogP contribution >= 0.6 is 0 Å². The molecule has 0 spiro atoms. The Labute approximate surface area is 146 Å². The van der Waals surface area contributed by atoms with Gasteiger partial charge in [-0.05, 0) is 43.3 Å². The number of hydrogen-bond acceptors (Lipinski definition) is 4. The smallest absolute Gasteiger partial charge is 0.251 e. The molecule has 0 saturated heterocycles. The minimum absolute atomic E-state index is 0.390. The first-order valence-corrected chi connectivity index (χ1v) is 7.88. The summed E-state index contributed by atoms with van der Waals surface area (Å²) in [6.07, 6.45) is 0. The summed E-state index contributed by atoms with van der Waals surface area (Å²) in [5.41, 5.74) is 7.77. The molecule has 0 unspecified atom stereocenters. The quantitative estimate of drug-likeness (QED) is 0.713. The first kappa shape index (κ1) is 18.4. The maximum absolute atomic E-state index is 12.2. The molecule has 5 nitrogen and oxygen atoms in total. The van der Waals surface area contributed by atoms with E-state index in [1.165, 1.54) is 0 Å². The van der Waals surface area contributed by atoms with Crippen molar-refractivity contribution in [2.75, 3.05) is 6.61 Å². The second-order valence-electron chi connectivity index (χ2n) is 5.63. The molecule has 0 aromatic heterocycles. The van der Waals surface area contributed by atoms with E-state index in [-0.39, 0.29) is 0 Å². The molecule has 4 N–H and O–H groups in total. The number of aliphatic hydroxyl groups excluding tert-OH is 1. The molecular formula is C20H20N2O3. The lowest BCUT2D eigenvalue weighted by molar-refractivity contribution is -0.123. The average molecular weight is 336 g/mol. The number of amides is 1. The first-order valence-electron chi connectivity index (χ1n) is 7.88. The van der Waals surface area contributed by atoms with Crippen molar-refractivity contribution in [3.8, 4) is 11.8 Å². The molecule has 0 radical (unpaired) electrons. The molecule has 25 heavy (non-hydrogen) atoms. The van der Waals surface area contributed by atoms with Crippen LogP contribution in [-0.4, -0.2) is 35.5 Å². The molecule has 0 aliphatic heterocycles. The number of ketones is 1. The summed E-state index contributed by atoms with van der Waals surface area (Å²) < 4.78 is 0. The number of nitrogens with one attached hydrogen (secondary N) is 1. The van der Waals surface area contributed by atoms with Crippen LogP contribution in [0.4, 0.5) is 0 Å². The van der Waals surface area contributed by atoms with Crippen molar-refractivity contribution in [2.45, 2.75) is 19.0 Å². The van der Waals surface area contributed by atoms with E-state index < -0.39 is 30.4 Å². The van der Waals surface area contributed by atoms with Gasteiger partial charge in [0, 0.05) is 22.7 Å². The third-order valence-electron chi connectivity index (χ3n) is 3.59. The summed E-state index contributed by atoms with van der Waals surface area (Å²) in [4.78, 5) is 23.9. The second kappa shape index (κ2) is 8.78. The van der Waals surface area contributed by atoms with Crippen LogP contribution in [0.3, 0.4) is 0 Å². The zero-order valence-electron chi connectivity index (χ0n) is 13.9. The number of Topliss-reactive ketones (excluding diaryl/α,β-unsaturated/α-hetero) is 1. The van der Waals surface area contributed by atoms with Gasteiger partial charge in [-0.15, -0.1) is 0 Å². The first-order chi connectivity index (χ1) is 12.0. The summed E-state index contributed by atoms with van der Waals surface area (Å²) in [6, 6.07) is 14.8. The highest BCUT2D eigenvalue weighted by Crippen LogP contribution is 2.05. The van der Waals surface area contributed by atoms with Crippen LogP contribution in [0.1, 0.15) is 28.4 Å². The molecule has 0 aliphatic carbocycles. The number of carbonyl (C=O) groups excluding carboxylic acids is 2. The molecule has 0 fully saturated rings. The fourth-order valence-electron chi connectivity index (χ4n) is 2.20. The number of hydrogen-bond donors (Lipinski definition) is 3. The maximum atomic E-state index is 12.2. The van der Waals surface area contributed by atoms with E-state index in [9.17, 15) is 9.59 Å². The SMILES string of the molecule is C[C@@H](N)[C@H](NC(=O)c1ccc(C#Cc2ccccc2)cc1)C(=O)CO. The zero-order valence-corrected chi connectivity index (χ0v) is 13.9. The van der Waals surface area contributed by atoms with Gasteiger partial charge in [-0.3, -0.25) is 9.59 Å². The average Bonchev–Trinajstić information content (AvgIpc) is 2.64. The van der Waals surface area contributed by atoms with Gasteiger partial charge in [0.25, 0.3) is 5.91 Å². The van der Waals surface area contributed by atoms with Crippen LogP contribution in [0.25, 0.3) is 0 Å². The lowest BCUT2D eigenvalue weighted by Gasteiger charge is -2.20. The largest absolute Gasteiger partial charge is 0.388 e. The normalized spacial score (nSPS) is 12.4. The lowest BCUT2D eigenvalue weighted by atomic mass is 10.1. The van der Waals surface area contributed by atoms with Gasteiger partial charge in [-0.25, -0.2) is 0 Å². The van der Waals surface area contributed by atoms with E-state index in [1.807, 2.05) is 30.3 Å². The molecule has 0 bridgehead atoms. The molecule has 5 heteroatoms. The lowest BCUT2D eigenvalue weighted by Crippen LogP contribution is -2.52. The molecule has 128 valence electrons. The Hall–Kier alpha value is -2.94. The van der Waals surface area contributed by atoms with Crippen molar-refractivity contribution in [1.29, 1.82) is 0 Å². The Morgan fingerprint density at radius 2 is 1.60 bits per heavy atom. The molecule has 1 amide bonds. The molecular weight excluding hydrogens is 316 g/mol. The highest BCUT2D eigenvalue weighted by atomic mass is 16.3. The topological polar surface area (TPSA) is 92.4 Å². The number of aliphatic hydroxyl groups is 1. The molecule has 0 heterocycles. The predicted molar refractivity (Wildman–Crippen MR) is 95.9 cm³/mol. The summed E-state index contributed by atoms with van der Waals surface area (Å²) in [5, 5.41) is 11.5. The predicted octanol–water partition coefficient (Wildman–Crippen LogP) is 1.09. The highest BCUT2D eigenvalue weighted by Gasteiger charge is 2.24. The molecule has 2 aromatic carbocycles. The Morgan fingerprint density at radius 1 is 1.04 bits per heavy atom. The Bertz CT molecular complexity index is 787. The second-order valence-corrected chi connectivity index (χ2v) is 5.63. The van der Waals surface area contributed by atoms with Gasteiger partial charge < -0.3 is 16.2 Å². The summed E-state index contributed by atoms with van der Waals surface area (Å²) in [7, 11) is 0. The monoisotopic (exact) mass is 336 g/mol. The van der Waals surface area contributed by atoms with Gasteiger partial charge >= 0.3 is 0 Å². The van der Waals surface area contributed by atoms with Gasteiger partial charge in [0.1, 0.15) is 12.6 Å². The molecule has 2 rings (SSSR count). The third-order valence-corrected chi connectivity index (χ3v) is 3.59. The van der Waals surface area contributed by atoms with Gasteiger partial charge in [-0.1, -0.05) is 30.0 Å². The van der Waals surface area contributed by atoms with Crippen LogP contribution in [0.15, 0.2) is 54.6 Å². The third kappa shape index (κ3) is 5.28. The fourth-order valence-corrected chi connectivity index (χ4v) is 2.20. The van der Waals surface area contributed by atoms with E-state index in [0.29, 0.717) is 5.56 Å². The summed E-state index contributed by atoms with van der Waals surface area (Å²) in [5.74, 6) is 5.12. The van der Waals surface area contributed by atoms with Crippen molar-refractivity contribution in [3.63, 3.8) is 0 Å². The van der Waals surface area contributed by atoms with Crippen LogP contribution in [-0.2, 0) is 4.79 Å². The Kier molecular flexibility index (Phi) is 6.47. The molecule has 2 aromatic rings. The standard InChI is InChI=1S/C20H20N2O3/c1-14(21)19(18(24)13-23)22-20(25)17-11-9-16(10-12-17)8-7-15-5-3-2-4-6-15/h2-6,9-12,14,19,23H,13,21H2,1H3,(H,22,25)/t14-,19+/m1/s1. The van der Waals surface area contributed by atoms with Gasteiger partial charge in [0.05, 0.1) is 0 Å². The van der Waals surface area contributed by atoms with Crippen molar-refractivity contribution in [2.24, 2.45) is 5.73 Å². The van der Waals surface area contributed by atoms with Crippen LogP contribution in [0.5, 0.6) is 0 Å². The van der Waals surface area contributed by atoms with Crippen LogP contribution in [0, 0.1) is 11.8 Å². The molecule has 0 saturated carbocycles. The van der Waals surface area contributed by atoms with E-state index in [0.717, 1.165) is 11.1 Å². The van der Waals surface area contributed by atoms with E-state index in [2.05, 4.69) is 17.2 Å². The van der Waals surface area contributed by atoms with Gasteiger partial charge in [0.2, 0.25) is 0 Å². The molecule has 0 aliphatic rings. The van der Waals surface area contributed by atoms with Gasteiger partial charge in [-0.2, -0.15) is 0 Å². The minimum Gasteiger partial charge on any atom is -0.388 e. The highest BCUT2D eigenvalue weighted by molar-refractivity contribution is 5.98. The number of nitrogens with two attached hydrogens (primary N) is 1. The zero-order chi connectivity index (χ0) is 18.2. The summed E-state index contributed by atoms with van der Waals surface area (Å²) in [6.45, 7) is 0.932. The van der Waals surface area contributed by atoms with E-state index in [1.54, 1.807) is 31.2 Å². The van der Waals surface area contributed by atoms with Gasteiger partial charge in [0.15, 0.2) is 5.78 Å². The summed E-state index contributed by atoms with van der Waals surface area (Å²) >= 11 is 0. The fraction of sp³-hybridized carbons (Fsp3) is 0.200. The maximum Gasteiger partial charge on any atom is 0.251 e. The van der Waals surface area contributed by atoms with E-state index in [4.69, 9.17) is 10.8 Å². The van der Waals surface area contributed by atoms with Crippen LogP contribution in [0.2, 0.25) is 0 Å². The van der Waals surface area contributed by atoms with Crippen molar-refractivity contribution >= 4 is 11.7 Å². The van der Waals surface area contributed by atoms with Crippen molar-refractivity contribution < 1.29 is 14.7 Å². The van der Waals surface area contributed by atoms with Crippen molar-refractivity contribution in [1.82, 2.24) is 5.32 Å². The van der Waals surface area contributed by atoms with E-state index >= 15 is 0 Å². The minimum atomic E-state index is -0.921. The molecule has 2 atom stereocenters. The number of benzene rings is 2.